The number of rotatable bonds is 4. The normalized spacial score (nSPS) is 10.5. The molecule has 3 rings (SSSR count). The Bertz CT molecular complexity index is 825. The summed E-state index contributed by atoms with van der Waals surface area (Å²) in [6, 6.07) is 12.2. The van der Waals surface area contributed by atoms with Crippen molar-refractivity contribution in [1.82, 2.24) is 15.1 Å². The van der Waals surface area contributed by atoms with Crippen molar-refractivity contribution in [3.63, 3.8) is 0 Å². The number of carbonyl (C=O) groups is 1. The van der Waals surface area contributed by atoms with Gasteiger partial charge < -0.3 is 15.1 Å². The average molecular weight is 331 g/mol. The van der Waals surface area contributed by atoms with Crippen LogP contribution in [0.15, 0.2) is 53.1 Å². The lowest BCUT2D eigenvalue weighted by Crippen LogP contribution is -2.28. The maximum atomic E-state index is 11.9. The third-order valence-electron chi connectivity index (χ3n) is 3.28. The monoisotopic (exact) mass is 330 g/mol. The summed E-state index contributed by atoms with van der Waals surface area (Å²) in [6.45, 7) is 0.272. The molecule has 0 atom stereocenters. The molecule has 118 valence electrons. The van der Waals surface area contributed by atoms with Gasteiger partial charge in [-0.25, -0.2) is 4.79 Å². The molecule has 6 nitrogen and oxygen atoms in total. The van der Waals surface area contributed by atoms with Crippen molar-refractivity contribution in [3.8, 4) is 11.5 Å². The lowest BCUT2D eigenvalue weighted by molar-refractivity contribution is 0.251. The van der Waals surface area contributed by atoms with Gasteiger partial charge in [0.15, 0.2) is 5.76 Å². The number of aromatic nitrogens is 2. The smallest absolute Gasteiger partial charge is 0.319 e. The molecule has 0 bridgehead atoms. The summed E-state index contributed by atoms with van der Waals surface area (Å²) < 4.78 is 7.43. The Morgan fingerprint density at radius 3 is 2.83 bits per heavy atom. The molecule has 3 aromatic rings. The topological polar surface area (TPSA) is 72.1 Å². The summed E-state index contributed by atoms with van der Waals surface area (Å²) in [7, 11) is 1.84. The van der Waals surface area contributed by atoms with Crippen LogP contribution in [-0.2, 0) is 13.6 Å². The van der Waals surface area contributed by atoms with Crippen LogP contribution in [0.5, 0.6) is 0 Å². The SMILES string of the molecule is Cn1nccc1-c1ccc(CNC(=O)Nc2ccccc2Cl)o1. The highest BCUT2D eigenvalue weighted by Crippen LogP contribution is 2.22. The molecule has 2 heterocycles. The van der Waals surface area contributed by atoms with Gasteiger partial charge in [-0.1, -0.05) is 23.7 Å². The number of carbonyl (C=O) groups excluding carboxylic acids is 1. The minimum atomic E-state index is -0.350. The van der Waals surface area contributed by atoms with E-state index in [2.05, 4.69) is 15.7 Å². The van der Waals surface area contributed by atoms with Crippen LogP contribution >= 0.6 is 11.6 Å². The highest BCUT2D eigenvalue weighted by molar-refractivity contribution is 6.33. The van der Waals surface area contributed by atoms with E-state index in [1.165, 1.54) is 0 Å². The molecule has 0 aliphatic heterocycles. The molecule has 2 N–H and O–H groups in total. The van der Waals surface area contributed by atoms with Gasteiger partial charge in [-0.2, -0.15) is 5.10 Å². The van der Waals surface area contributed by atoms with E-state index in [1.54, 1.807) is 35.1 Å². The molecule has 0 fully saturated rings. The summed E-state index contributed by atoms with van der Waals surface area (Å²) in [4.78, 5) is 11.9. The number of benzene rings is 1. The highest BCUT2D eigenvalue weighted by atomic mass is 35.5. The van der Waals surface area contributed by atoms with E-state index in [0.29, 0.717) is 22.2 Å². The molecule has 0 saturated carbocycles. The zero-order valence-corrected chi connectivity index (χ0v) is 13.2. The number of hydrogen-bond donors (Lipinski definition) is 2. The fraction of sp³-hybridized carbons (Fsp3) is 0.125. The summed E-state index contributed by atoms with van der Waals surface area (Å²) in [5.74, 6) is 1.35. The first-order valence-electron chi connectivity index (χ1n) is 7.00. The van der Waals surface area contributed by atoms with E-state index in [0.717, 1.165) is 5.69 Å². The van der Waals surface area contributed by atoms with Crippen LogP contribution in [0.1, 0.15) is 5.76 Å². The second-order valence-corrected chi connectivity index (χ2v) is 5.30. The van der Waals surface area contributed by atoms with Crippen molar-refractivity contribution >= 4 is 23.3 Å². The fourth-order valence-corrected chi connectivity index (χ4v) is 2.31. The number of para-hydroxylation sites is 1. The molecule has 7 heteroatoms. The van der Waals surface area contributed by atoms with Gasteiger partial charge in [-0.05, 0) is 30.3 Å². The van der Waals surface area contributed by atoms with E-state index in [4.69, 9.17) is 16.0 Å². The maximum absolute atomic E-state index is 11.9. The number of anilines is 1. The van der Waals surface area contributed by atoms with Crippen molar-refractivity contribution in [2.75, 3.05) is 5.32 Å². The molecule has 23 heavy (non-hydrogen) atoms. The standard InChI is InChI=1S/C16H15ClN4O2/c1-21-14(8-9-19-21)15-7-6-11(23-15)10-18-16(22)20-13-5-3-2-4-12(13)17/h2-9H,10H2,1H3,(H2,18,20,22). The summed E-state index contributed by atoms with van der Waals surface area (Å²) in [5, 5.41) is 9.99. The highest BCUT2D eigenvalue weighted by Gasteiger charge is 2.10. The van der Waals surface area contributed by atoms with Gasteiger partial charge in [-0.3, -0.25) is 4.68 Å². The Labute approximate surface area is 138 Å². The van der Waals surface area contributed by atoms with Crippen LogP contribution in [0.3, 0.4) is 0 Å². The van der Waals surface area contributed by atoms with E-state index in [1.807, 2.05) is 25.2 Å². The van der Waals surface area contributed by atoms with E-state index >= 15 is 0 Å². The van der Waals surface area contributed by atoms with Crippen molar-refractivity contribution in [2.45, 2.75) is 6.54 Å². The van der Waals surface area contributed by atoms with E-state index in [-0.39, 0.29) is 12.6 Å². The molecule has 1 aromatic carbocycles. The Hall–Kier alpha value is -2.73. The molecule has 2 aromatic heterocycles. The fourth-order valence-electron chi connectivity index (χ4n) is 2.12. The molecular formula is C16H15ClN4O2. The Morgan fingerprint density at radius 1 is 1.26 bits per heavy atom. The van der Waals surface area contributed by atoms with Gasteiger partial charge in [-0.15, -0.1) is 0 Å². The van der Waals surface area contributed by atoms with Gasteiger partial charge in [0.25, 0.3) is 0 Å². The number of nitrogens with zero attached hydrogens (tertiary/aromatic N) is 2. The Morgan fingerprint density at radius 2 is 2.09 bits per heavy atom. The van der Waals surface area contributed by atoms with Crippen molar-refractivity contribution in [2.24, 2.45) is 7.05 Å². The van der Waals surface area contributed by atoms with E-state index < -0.39 is 0 Å². The summed E-state index contributed by atoms with van der Waals surface area (Å²) in [5.41, 5.74) is 1.43. The van der Waals surface area contributed by atoms with Crippen molar-refractivity contribution < 1.29 is 9.21 Å². The Balaban J connectivity index is 1.59. The molecular weight excluding hydrogens is 316 g/mol. The molecule has 0 radical (unpaired) electrons. The number of hydrogen-bond acceptors (Lipinski definition) is 3. The lowest BCUT2D eigenvalue weighted by Gasteiger charge is -2.07. The number of urea groups is 1. The van der Waals surface area contributed by atoms with Gasteiger partial charge in [0.1, 0.15) is 11.5 Å². The first-order chi connectivity index (χ1) is 11.1. The predicted octanol–water partition coefficient (Wildman–Crippen LogP) is 3.66. The first kappa shape index (κ1) is 15.2. The number of halogens is 1. The minimum Gasteiger partial charge on any atom is -0.458 e. The molecule has 0 aliphatic carbocycles. The second kappa shape index (κ2) is 6.58. The molecule has 2 amide bonds. The van der Waals surface area contributed by atoms with Crippen LogP contribution in [0.2, 0.25) is 5.02 Å². The zero-order chi connectivity index (χ0) is 16.2. The quantitative estimate of drug-likeness (QED) is 0.767. The lowest BCUT2D eigenvalue weighted by atomic mass is 10.3. The van der Waals surface area contributed by atoms with Crippen LogP contribution < -0.4 is 10.6 Å². The predicted molar refractivity (Wildman–Crippen MR) is 88.2 cm³/mol. The summed E-state index contributed by atoms with van der Waals surface area (Å²) >= 11 is 5.99. The number of aryl methyl sites for hydroxylation is 1. The Kier molecular flexibility index (Phi) is 4.34. The number of nitrogens with one attached hydrogen (secondary N) is 2. The van der Waals surface area contributed by atoms with Gasteiger partial charge in [0.05, 0.1) is 17.3 Å². The largest absolute Gasteiger partial charge is 0.458 e. The second-order valence-electron chi connectivity index (χ2n) is 4.89. The molecule has 0 spiro atoms. The summed E-state index contributed by atoms with van der Waals surface area (Å²) in [6.07, 6.45) is 1.70. The van der Waals surface area contributed by atoms with Crippen molar-refractivity contribution in [3.05, 3.63) is 59.4 Å². The van der Waals surface area contributed by atoms with Crippen LogP contribution in [0.4, 0.5) is 10.5 Å². The van der Waals surface area contributed by atoms with Crippen LogP contribution in [0.25, 0.3) is 11.5 Å². The molecule has 0 saturated heterocycles. The van der Waals surface area contributed by atoms with Crippen LogP contribution in [-0.4, -0.2) is 15.8 Å². The van der Waals surface area contributed by atoms with Gasteiger partial charge in [0, 0.05) is 13.2 Å². The van der Waals surface area contributed by atoms with Crippen molar-refractivity contribution in [1.29, 1.82) is 0 Å². The minimum absolute atomic E-state index is 0.272. The van der Waals surface area contributed by atoms with Crippen LogP contribution in [0, 0.1) is 0 Å². The van der Waals surface area contributed by atoms with Gasteiger partial charge >= 0.3 is 6.03 Å². The first-order valence-corrected chi connectivity index (χ1v) is 7.38. The average Bonchev–Trinajstić information content (AvgIpc) is 3.16. The molecule has 0 aliphatic rings. The number of furan rings is 1. The molecule has 0 unspecified atom stereocenters. The third-order valence-corrected chi connectivity index (χ3v) is 3.61. The maximum Gasteiger partial charge on any atom is 0.319 e. The van der Waals surface area contributed by atoms with Gasteiger partial charge in [0.2, 0.25) is 0 Å². The third kappa shape index (κ3) is 3.54. The van der Waals surface area contributed by atoms with E-state index in [9.17, 15) is 4.79 Å². The number of amides is 2. The zero-order valence-electron chi connectivity index (χ0n) is 12.4.